The van der Waals surface area contributed by atoms with Crippen LogP contribution in [0.2, 0.25) is 0 Å². The van der Waals surface area contributed by atoms with Crippen molar-refractivity contribution in [1.82, 2.24) is 5.32 Å². The predicted octanol–water partition coefficient (Wildman–Crippen LogP) is 4.50. The van der Waals surface area contributed by atoms with E-state index in [1.807, 2.05) is 6.07 Å². The van der Waals surface area contributed by atoms with Crippen LogP contribution < -0.4 is 5.32 Å². The van der Waals surface area contributed by atoms with Crippen LogP contribution in [0.25, 0.3) is 0 Å². The van der Waals surface area contributed by atoms with E-state index in [-0.39, 0.29) is 29.0 Å². The predicted molar refractivity (Wildman–Crippen MR) is 116 cm³/mol. The van der Waals surface area contributed by atoms with E-state index in [0.29, 0.717) is 23.8 Å². The van der Waals surface area contributed by atoms with Crippen LogP contribution in [-0.4, -0.2) is 36.9 Å². The zero-order valence-corrected chi connectivity index (χ0v) is 18.8. The first-order valence-corrected chi connectivity index (χ1v) is 12.7. The molecule has 0 unspecified atom stereocenters. The molecule has 1 aromatic rings. The first kappa shape index (κ1) is 20.3. The Hall–Kier alpha value is -1.33. The normalized spacial score (nSPS) is 46.4. The molecule has 0 bridgehead atoms. The van der Waals surface area contributed by atoms with Crippen LogP contribution in [0.1, 0.15) is 70.5 Å². The maximum absolute atomic E-state index is 12.9. The molecule has 31 heavy (non-hydrogen) atoms. The van der Waals surface area contributed by atoms with Gasteiger partial charge in [0.2, 0.25) is 0 Å². The van der Waals surface area contributed by atoms with Crippen LogP contribution in [-0.2, 0) is 20.7 Å². The molecule has 1 aromatic heterocycles. The summed E-state index contributed by atoms with van der Waals surface area (Å²) in [5, 5.41) is 3.83. The van der Waals surface area contributed by atoms with Gasteiger partial charge in [0, 0.05) is 24.9 Å². The Morgan fingerprint density at radius 2 is 2.06 bits per heavy atom. The van der Waals surface area contributed by atoms with Gasteiger partial charge in [0.15, 0.2) is 0 Å². The average molecular weight is 428 g/mol. The lowest BCUT2D eigenvalue weighted by molar-refractivity contribution is -0.147. The molecule has 5 heteroatoms. The molecule has 5 nitrogen and oxygen atoms in total. The lowest BCUT2D eigenvalue weighted by Gasteiger charge is -2.51. The van der Waals surface area contributed by atoms with E-state index in [1.54, 1.807) is 6.26 Å². The fourth-order valence-electron chi connectivity index (χ4n) is 7.88. The van der Waals surface area contributed by atoms with Gasteiger partial charge in [-0.1, -0.05) is 19.8 Å². The Kier molecular flexibility index (Phi) is 4.99. The maximum Gasteiger partial charge on any atom is 0.310 e. The summed E-state index contributed by atoms with van der Waals surface area (Å²) in [5.41, 5.74) is 0.398. The number of epoxide rings is 1. The van der Waals surface area contributed by atoms with Crippen molar-refractivity contribution in [3.05, 3.63) is 24.2 Å². The molecule has 5 aliphatic rings. The lowest BCUT2D eigenvalue weighted by Crippen LogP contribution is -2.51. The highest BCUT2D eigenvalue weighted by molar-refractivity contribution is 5.75. The van der Waals surface area contributed by atoms with Gasteiger partial charge in [-0.2, -0.15) is 0 Å². The first-order chi connectivity index (χ1) is 15.1. The molecule has 0 radical (unpaired) electrons. The molecule has 8 atom stereocenters. The van der Waals surface area contributed by atoms with E-state index in [9.17, 15) is 4.79 Å². The second kappa shape index (κ2) is 7.62. The topological polar surface area (TPSA) is 64.0 Å². The monoisotopic (exact) mass is 427 g/mol. The van der Waals surface area contributed by atoms with Crippen molar-refractivity contribution < 1.29 is 18.7 Å². The molecule has 3 saturated carbocycles. The molecule has 3 aliphatic carbocycles. The zero-order valence-electron chi connectivity index (χ0n) is 18.8. The van der Waals surface area contributed by atoms with Gasteiger partial charge < -0.3 is 19.2 Å². The second-order valence-electron chi connectivity index (χ2n) is 11.4. The number of fused-ring (bicyclic) bond motifs is 3. The third kappa shape index (κ3) is 3.56. The van der Waals surface area contributed by atoms with Crippen LogP contribution in [0.15, 0.2) is 22.8 Å². The minimum Gasteiger partial charge on any atom is -0.469 e. The van der Waals surface area contributed by atoms with E-state index in [4.69, 9.17) is 13.9 Å². The molecule has 2 saturated heterocycles. The molecule has 0 amide bonds. The average Bonchev–Trinajstić information content (AvgIpc) is 3.19. The summed E-state index contributed by atoms with van der Waals surface area (Å²) in [6.45, 7) is 4.12. The Morgan fingerprint density at radius 3 is 2.87 bits per heavy atom. The van der Waals surface area contributed by atoms with Gasteiger partial charge in [-0.15, -0.1) is 0 Å². The standard InChI is InChI=1S/C26H37NO4/c1-25-9-5-10-26(16-30-26)23(25)13-19-20(24(28)31-22(19)14-25)15-27-21-8-3-2-6-17(21)12-18-7-4-11-29-18/h4,7,11,17,19-23,27H,2-3,5-6,8-10,12-16H2,1H3/t17-,19-,20+,21-,22-,23-,25-,26+/m1/s1. The third-order valence-corrected chi connectivity index (χ3v) is 9.63. The quantitative estimate of drug-likeness (QED) is 0.554. The van der Waals surface area contributed by atoms with E-state index >= 15 is 0 Å². The Balaban J connectivity index is 1.13. The van der Waals surface area contributed by atoms with E-state index in [1.165, 1.54) is 44.9 Å². The highest BCUT2D eigenvalue weighted by atomic mass is 16.6. The Bertz CT molecular complexity index is 802. The summed E-state index contributed by atoms with van der Waals surface area (Å²) in [4.78, 5) is 12.9. The Morgan fingerprint density at radius 1 is 1.19 bits per heavy atom. The molecule has 170 valence electrons. The number of esters is 1. The van der Waals surface area contributed by atoms with E-state index in [2.05, 4.69) is 18.3 Å². The van der Waals surface area contributed by atoms with Gasteiger partial charge in [0.05, 0.1) is 24.4 Å². The summed E-state index contributed by atoms with van der Waals surface area (Å²) < 4.78 is 17.7. The number of carbonyl (C=O) groups is 1. The fourth-order valence-corrected chi connectivity index (χ4v) is 7.88. The molecule has 6 rings (SSSR count). The van der Waals surface area contributed by atoms with Crippen molar-refractivity contribution in [2.24, 2.45) is 29.1 Å². The van der Waals surface area contributed by atoms with Crippen LogP contribution in [0, 0.1) is 29.1 Å². The second-order valence-corrected chi connectivity index (χ2v) is 11.4. The largest absolute Gasteiger partial charge is 0.469 e. The number of hydrogen-bond acceptors (Lipinski definition) is 5. The maximum atomic E-state index is 12.9. The van der Waals surface area contributed by atoms with Gasteiger partial charge >= 0.3 is 5.97 Å². The molecule has 3 heterocycles. The fraction of sp³-hybridized carbons (Fsp3) is 0.808. The zero-order chi connectivity index (χ0) is 21.1. The molecular formula is C26H37NO4. The summed E-state index contributed by atoms with van der Waals surface area (Å²) in [7, 11) is 0. The molecule has 0 aromatic carbocycles. The summed E-state index contributed by atoms with van der Waals surface area (Å²) >= 11 is 0. The highest BCUT2D eigenvalue weighted by Gasteiger charge is 2.65. The summed E-state index contributed by atoms with van der Waals surface area (Å²) in [6, 6.07) is 4.53. The van der Waals surface area contributed by atoms with Crippen LogP contribution >= 0.6 is 0 Å². The molecule has 2 aliphatic heterocycles. The minimum absolute atomic E-state index is 0.00142. The molecule has 1 spiro atoms. The van der Waals surface area contributed by atoms with Crippen LogP contribution in [0.4, 0.5) is 0 Å². The smallest absolute Gasteiger partial charge is 0.310 e. The van der Waals surface area contributed by atoms with Gasteiger partial charge in [-0.05, 0) is 74.3 Å². The van der Waals surface area contributed by atoms with Gasteiger partial charge in [-0.3, -0.25) is 4.79 Å². The number of nitrogens with one attached hydrogen (secondary N) is 1. The van der Waals surface area contributed by atoms with Crippen molar-refractivity contribution in [1.29, 1.82) is 0 Å². The molecule has 5 fully saturated rings. The Labute approximate surface area is 185 Å². The lowest BCUT2D eigenvalue weighted by atomic mass is 9.53. The van der Waals surface area contributed by atoms with Crippen molar-refractivity contribution in [2.45, 2.75) is 88.9 Å². The van der Waals surface area contributed by atoms with Crippen LogP contribution in [0.5, 0.6) is 0 Å². The SMILES string of the molecule is C[C@]12CCC[C@]3(CO3)[C@@H]1C[C@@H]1[C@H](CN[C@@H]3CCCC[C@@H]3Cc3ccco3)C(=O)O[C@@H]1C2. The number of carbonyl (C=O) groups excluding carboxylic acids is 1. The van der Waals surface area contributed by atoms with Crippen molar-refractivity contribution in [3.8, 4) is 0 Å². The molecular weight excluding hydrogens is 390 g/mol. The van der Waals surface area contributed by atoms with Crippen LogP contribution in [0.3, 0.4) is 0 Å². The van der Waals surface area contributed by atoms with Crippen molar-refractivity contribution in [2.75, 3.05) is 13.2 Å². The van der Waals surface area contributed by atoms with Gasteiger partial charge in [0.1, 0.15) is 11.9 Å². The van der Waals surface area contributed by atoms with Crippen molar-refractivity contribution in [3.63, 3.8) is 0 Å². The van der Waals surface area contributed by atoms with Gasteiger partial charge in [0.25, 0.3) is 0 Å². The summed E-state index contributed by atoms with van der Waals surface area (Å²) in [6.07, 6.45) is 13.7. The van der Waals surface area contributed by atoms with E-state index in [0.717, 1.165) is 38.2 Å². The minimum atomic E-state index is -0.00142. The number of hydrogen-bond donors (Lipinski definition) is 1. The van der Waals surface area contributed by atoms with Crippen molar-refractivity contribution >= 4 is 5.97 Å². The number of rotatable bonds is 5. The third-order valence-electron chi connectivity index (χ3n) is 9.63. The van der Waals surface area contributed by atoms with Gasteiger partial charge in [-0.25, -0.2) is 0 Å². The first-order valence-electron chi connectivity index (χ1n) is 12.7. The highest BCUT2D eigenvalue weighted by Crippen LogP contribution is 2.62. The summed E-state index contributed by atoms with van der Waals surface area (Å²) in [5.74, 6) is 2.65. The molecule has 1 N–H and O–H groups in total. The number of ether oxygens (including phenoxy) is 2. The number of furan rings is 1. The van der Waals surface area contributed by atoms with E-state index < -0.39 is 0 Å².